The molecule has 2 rings (SSSR count). The molecule has 0 saturated carbocycles. The molecule has 1 atom stereocenters. The molecule has 0 aliphatic carbocycles. The highest BCUT2D eigenvalue weighted by Gasteiger charge is 2.23. The zero-order valence-electron chi connectivity index (χ0n) is 12.7. The number of likely N-dealkylation sites (tertiary alicyclic amines) is 1. The van der Waals surface area contributed by atoms with Gasteiger partial charge >= 0.3 is 0 Å². The molecule has 0 bridgehead atoms. The van der Waals surface area contributed by atoms with Crippen LogP contribution in [-0.4, -0.2) is 49.7 Å². The lowest BCUT2D eigenvalue weighted by Gasteiger charge is -2.16. The largest absolute Gasteiger partial charge is 0.383 e. The number of nitrogens with zero attached hydrogens (tertiary/aromatic N) is 2. The van der Waals surface area contributed by atoms with Gasteiger partial charge in [-0.15, -0.1) is 0 Å². The third-order valence-electron chi connectivity index (χ3n) is 3.91. The molecule has 1 saturated heterocycles. The summed E-state index contributed by atoms with van der Waals surface area (Å²) in [5, 5.41) is 14.3. The molecular formula is C15H23N3O3. The van der Waals surface area contributed by atoms with Crippen molar-refractivity contribution in [1.82, 2.24) is 4.90 Å². The highest BCUT2D eigenvalue weighted by atomic mass is 16.6. The summed E-state index contributed by atoms with van der Waals surface area (Å²) in [6.45, 7) is 6.44. The fourth-order valence-electron chi connectivity index (χ4n) is 2.70. The molecular weight excluding hydrogens is 270 g/mol. The Bertz CT molecular complexity index is 493. The van der Waals surface area contributed by atoms with Gasteiger partial charge in [-0.05, 0) is 37.4 Å². The van der Waals surface area contributed by atoms with Gasteiger partial charge < -0.3 is 15.0 Å². The number of nitro benzene ring substituents is 1. The third-order valence-corrected chi connectivity index (χ3v) is 3.91. The topological polar surface area (TPSA) is 67.6 Å². The van der Waals surface area contributed by atoms with Crippen molar-refractivity contribution >= 4 is 11.4 Å². The molecule has 1 fully saturated rings. The maximum absolute atomic E-state index is 11.1. The summed E-state index contributed by atoms with van der Waals surface area (Å²) < 4.78 is 5.09. The molecule has 1 aliphatic rings. The number of benzene rings is 1. The van der Waals surface area contributed by atoms with E-state index in [-0.39, 0.29) is 10.6 Å². The van der Waals surface area contributed by atoms with Crippen LogP contribution in [0.2, 0.25) is 0 Å². The van der Waals surface area contributed by atoms with E-state index in [1.807, 2.05) is 13.0 Å². The van der Waals surface area contributed by atoms with Crippen LogP contribution in [0.5, 0.6) is 0 Å². The molecule has 6 heteroatoms. The first-order valence-electron chi connectivity index (χ1n) is 7.30. The third kappa shape index (κ3) is 4.41. The Balaban J connectivity index is 1.88. The SMILES string of the molecule is COCCN1CCC(CNc2ccc(C)cc2[N+](=O)[O-])C1. The summed E-state index contributed by atoms with van der Waals surface area (Å²) in [6.07, 6.45) is 1.12. The highest BCUT2D eigenvalue weighted by molar-refractivity contribution is 5.62. The highest BCUT2D eigenvalue weighted by Crippen LogP contribution is 2.26. The van der Waals surface area contributed by atoms with Crippen LogP contribution in [-0.2, 0) is 4.74 Å². The summed E-state index contributed by atoms with van der Waals surface area (Å²) >= 11 is 0. The maximum atomic E-state index is 11.1. The van der Waals surface area contributed by atoms with E-state index in [1.54, 1.807) is 19.2 Å². The lowest BCUT2D eigenvalue weighted by Crippen LogP contribution is -2.26. The molecule has 0 amide bonds. The first-order chi connectivity index (χ1) is 10.1. The van der Waals surface area contributed by atoms with E-state index in [4.69, 9.17) is 4.74 Å². The van der Waals surface area contributed by atoms with E-state index in [0.29, 0.717) is 11.6 Å². The Kier molecular flexibility index (Phi) is 5.52. The lowest BCUT2D eigenvalue weighted by molar-refractivity contribution is -0.384. The maximum Gasteiger partial charge on any atom is 0.292 e. The molecule has 1 heterocycles. The second-order valence-corrected chi connectivity index (χ2v) is 5.61. The molecule has 116 valence electrons. The van der Waals surface area contributed by atoms with E-state index < -0.39 is 0 Å². The molecule has 6 nitrogen and oxygen atoms in total. The molecule has 1 aliphatic heterocycles. The van der Waals surface area contributed by atoms with E-state index >= 15 is 0 Å². The predicted molar refractivity (Wildman–Crippen MR) is 82.7 cm³/mol. The predicted octanol–water partition coefficient (Wildman–Crippen LogP) is 2.28. The number of aryl methyl sites for hydroxylation is 1. The van der Waals surface area contributed by atoms with Crippen LogP contribution < -0.4 is 5.32 Å². The van der Waals surface area contributed by atoms with Gasteiger partial charge in [-0.2, -0.15) is 0 Å². The minimum atomic E-state index is -0.325. The minimum Gasteiger partial charge on any atom is -0.383 e. The Morgan fingerprint density at radius 2 is 2.33 bits per heavy atom. The van der Waals surface area contributed by atoms with E-state index in [0.717, 1.165) is 44.8 Å². The van der Waals surface area contributed by atoms with Crippen LogP contribution >= 0.6 is 0 Å². The van der Waals surface area contributed by atoms with Gasteiger partial charge in [0.15, 0.2) is 0 Å². The number of anilines is 1. The summed E-state index contributed by atoms with van der Waals surface area (Å²) in [5.74, 6) is 0.530. The van der Waals surface area contributed by atoms with Crippen molar-refractivity contribution in [3.05, 3.63) is 33.9 Å². The Labute approximate surface area is 125 Å². The quantitative estimate of drug-likeness (QED) is 0.617. The number of nitrogens with one attached hydrogen (secondary N) is 1. The van der Waals surface area contributed by atoms with E-state index in [2.05, 4.69) is 10.2 Å². The van der Waals surface area contributed by atoms with Gasteiger partial charge in [-0.3, -0.25) is 10.1 Å². The molecule has 1 aromatic rings. The van der Waals surface area contributed by atoms with Crippen molar-refractivity contribution < 1.29 is 9.66 Å². The zero-order valence-corrected chi connectivity index (χ0v) is 12.7. The van der Waals surface area contributed by atoms with Crippen LogP contribution in [0.1, 0.15) is 12.0 Å². The van der Waals surface area contributed by atoms with Crippen LogP contribution in [0, 0.1) is 23.0 Å². The first-order valence-corrected chi connectivity index (χ1v) is 7.30. The fraction of sp³-hybridized carbons (Fsp3) is 0.600. The molecule has 0 radical (unpaired) electrons. The summed E-state index contributed by atoms with van der Waals surface area (Å²) in [5.41, 5.74) is 1.67. The number of nitro groups is 1. The Morgan fingerprint density at radius 3 is 3.05 bits per heavy atom. The van der Waals surface area contributed by atoms with Crippen LogP contribution in [0.3, 0.4) is 0 Å². The van der Waals surface area contributed by atoms with E-state index in [1.165, 1.54) is 0 Å². The average molecular weight is 293 g/mol. The molecule has 21 heavy (non-hydrogen) atoms. The standard InChI is InChI=1S/C15H23N3O3/c1-12-3-4-14(15(9-12)18(19)20)16-10-13-5-6-17(11-13)7-8-21-2/h3-4,9,13,16H,5-8,10-11H2,1-2H3. The number of methoxy groups -OCH3 is 1. The van der Waals surface area contributed by atoms with Gasteiger partial charge in [0.1, 0.15) is 5.69 Å². The van der Waals surface area contributed by atoms with Gasteiger partial charge in [-0.1, -0.05) is 6.07 Å². The molecule has 1 aromatic carbocycles. The smallest absolute Gasteiger partial charge is 0.292 e. The first kappa shape index (κ1) is 15.7. The Hall–Kier alpha value is -1.66. The summed E-state index contributed by atoms with van der Waals surface area (Å²) in [4.78, 5) is 13.1. The Morgan fingerprint density at radius 1 is 1.52 bits per heavy atom. The molecule has 0 spiro atoms. The summed E-state index contributed by atoms with van der Waals surface area (Å²) in [7, 11) is 1.71. The number of rotatable bonds is 7. The zero-order chi connectivity index (χ0) is 15.2. The number of hydrogen-bond acceptors (Lipinski definition) is 5. The normalized spacial score (nSPS) is 18.9. The van der Waals surface area contributed by atoms with Gasteiger partial charge in [0, 0.05) is 32.8 Å². The number of hydrogen-bond donors (Lipinski definition) is 1. The molecule has 1 N–H and O–H groups in total. The second kappa shape index (κ2) is 7.38. The van der Waals surface area contributed by atoms with Crippen molar-refractivity contribution in [3.8, 4) is 0 Å². The average Bonchev–Trinajstić information content (AvgIpc) is 2.91. The second-order valence-electron chi connectivity index (χ2n) is 5.61. The minimum absolute atomic E-state index is 0.157. The van der Waals surface area contributed by atoms with Crippen LogP contribution in [0.4, 0.5) is 11.4 Å². The lowest BCUT2D eigenvalue weighted by atomic mass is 10.1. The van der Waals surface area contributed by atoms with Gasteiger partial charge in [-0.25, -0.2) is 0 Å². The fourth-order valence-corrected chi connectivity index (χ4v) is 2.70. The van der Waals surface area contributed by atoms with Crippen LogP contribution in [0.25, 0.3) is 0 Å². The van der Waals surface area contributed by atoms with Gasteiger partial charge in [0.25, 0.3) is 5.69 Å². The van der Waals surface area contributed by atoms with Crippen molar-refractivity contribution in [2.75, 3.05) is 45.2 Å². The van der Waals surface area contributed by atoms with Crippen molar-refractivity contribution in [1.29, 1.82) is 0 Å². The monoisotopic (exact) mass is 293 g/mol. The van der Waals surface area contributed by atoms with Crippen molar-refractivity contribution in [2.45, 2.75) is 13.3 Å². The van der Waals surface area contributed by atoms with Gasteiger partial charge in [0.2, 0.25) is 0 Å². The van der Waals surface area contributed by atoms with Gasteiger partial charge in [0.05, 0.1) is 11.5 Å². The number of ether oxygens (including phenoxy) is 1. The van der Waals surface area contributed by atoms with Crippen molar-refractivity contribution in [3.63, 3.8) is 0 Å². The molecule has 0 aromatic heterocycles. The molecule has 1 unspecified atom stereocenters. The van der Waals surface area contributed by atoms with E-state index in [9.17, 15) is 10.1 Å². The van der Waals surface area contributed by atoms with Crippen molar-refractivity contribution in [2.24, 2.45) is 5.92 Å². The van der Waals surface area contributed by atoms with Crippen LogP contribution in [0.15, 0.2) is 18.2 Å². The summed E-state index contributed by atoms with van der Waals surface area (Å²) in [6, 6.07) is 5.31.